The molecule has 1 aromatic heterocycles. The Morgan fingerprint density at radius 2 is 2.10 bits per heavy atom. The number of carbonyl (C=O) groups excluding carboxylic acids is 1. The summed E-state index contributed by atoms with van der Waals surface area (Å²) in [7, 11) is 0. The highest BCUT2D eigenvalue weighted by molar-refractivity contribution is 6.08. The van der Waals surface area contributed by atoms with Gasteiger partial charge in [0.05, 0.1) is 17.7 Å². The quantitative estimate of drug-likeness (QED) is 0.893. The second-order valence-electron chi connectivity index (χ2n) is 4.67. The summed E-state index contributed by atoms with van der Waals surface area (Å²) in [5, 5.41) is 8.94. The number of nitrogens with zero attached hydrogens (tertiary/aromatic N) is 3. The molecule has 2 aromatic rings. The van der Waals surface area contributed by atoms with Crippen molar-refractivity contribution >= 4 is 17.4 Å². The van der Waals surface area contributed by atoms with Crippen LogP contribution < -0.4 is 10.6 Å². The zero-order valence-electron chi connectivity index (χ0n) is 10.7. The number of benzene rings is 1. The number of nitrogens with two attached hydrogens (primary N) is 1. The molecule has 20 heavy (non-hydrogen) atoms. The molecule has 3 rings (SSSR count). The van der Waals surface area contributed by atoms with Crippen LogP contribution in [0, 0.1) is 11.3 Å². The molecule has 0 fully saturated rings. The van der Waals surface area contributed by atoms with Crippen molar-refractivity contribution in [3.63, 3.8) is 0 Å². The molecule has 0 radical (unpaired) electrons. The highest BCUT2D eigenvalue weighted by atomic mass is 16.1. The van der Waals surface area contributed by atoms with Gasteiger partial charge in [-0.25, -0.2) is 4.98 Å². The third-order valence-electron chi connectivity index (χ3n) is 3.30. The minimum Gasteiger partial charge on any atom is -0.383 e. The van der Waals surface area contributed by atoms with Crippen molar-refractivity contribution in [3.05, 3.63) is 53.1 Å². The number of nitrogen functional groups attached to an aromatic ring is 1. The molecule has 0 amide bonds. The van der Waals surface area contributed by atoms with Crippen LogP contribution in [0.2, 0.25) is 0 Å². The van der Waals surface area contributed by atoms with Crippen LogP contribution in [0.5, 0.6) is 0 Å². The molecule has 0 saturated heterocycles. The van der Waals surface area contributed by atoms with E-state index in [2.05, 4.69) is 4.98 Å². The van der Waals surface area contributed by atoms with Gasteiger partial charge in [-0.2, -0.15) is 5.26 Å². The summed E-state index contributed by atoms with van der Waals surface area (Å²) in [5.74, 6) is 0.703. The lowest BCUT2D eigenvalue weighted by Gasteiger charge is -2.17. The molecule has 2 N–H and O–H groups in total. The van der Waals surface area contributed by atoms with Gasteiger partial charge in [0.2, 0.25) is 0 Å². The molecular weight excluding hydrogens is 252 g/mol. The lowest BCUT2D eigenvalue weighted by molar-refractivity contribution is 0.101. The molecule has 0 aliphatic carbocycles. The minimum atomic E-state index is -0.0278. The summed E-state index contributed by atoms with van der Waals surface area (Å²) < 4.78 is 0. The largest absolute Gasteiger partial charge is 0.383 e. The van der Waals surface area contributed by atoms with Crippen LogP contribution >= 0.6 is 0 Å². The molecule has 98 valence electrons. The van der Waals surface area contributed by atoms with E-state index in [4.69, 9.17) is 11.0 Å². The van der Waals surface area contributed by atoms with Gasteiger partial charge in [0.1, 0.15) is 17.7 Å². The normalized spacial score (nSPS) is 13.2. The first-order chi connectivity index (χ1) is 9.69. The maximum atomic E-state index is 12.0. The molecule has 0 saturated carbocycles. The average molecular weight is 264 g/mol. The Hall–Kier alpha value is -2.87. The molecule has 5 heteroatoms. The molecule has 0 unspecified atom stereocenters. The third kappa shape index (κ3) is 1.97. The topological polar surface area (TPSA) is 83.0 Å². The van der Waals surface area contributed by atoms with Crippen LogP contribution in [0.4, 0.5) is 11.6 Å². The van der Waals surface area contributed by atoms with E-state index in [1.54, 1.807) is 0 Å². The van der Waals surface area contributed by atoms with Gasteiger partial charge in [0.25, 0.3) is 0 Å². The number of fused-ring (bicyclic) bond motifs is 1. The summed E-state index contributed by atoms with van der Waals surface area (Å²) in [4.78, 5) is 18.1. The summed E-state index contributed by atoms with van der Waals surface area (Å²) in [6, 6.07) is 13.3. The van der Waals surface area contributed by atoms with Crippen molar-refractivity contribution in [1.82, 2.24) is 4.98 Å². The summed E-state index contributed by atoms with van der Waals surface area (Å²) in [6.07, 6.45) is 0. The highest BCUT2D eigenvalue weighted by Gasteiger charge is 2.29. The Morgan fingerprint density at radius 1 is 1.35 bits per heavy atom. The van der Waals surface area contributed by atoms with Crippen LogP contribution in [0.15, 0.2) is 36.4 Å². The fourth-order valence-electron chi connectivity index (χ4n) is 2.32. The number of nitriles is 1. The number of pyridine rings is 1. The number of hydrogen-bond donors (Lipinski definition) is 1. The highest BCUT2D eigenvalue weighted by Crippen LogP contribution is 2.29. The van der Waals surface area contributed by atoms with Gasteiger partial charge in [-0.15, -0.1) is 0 Å². The lowest BCUT2D eigenvalue weighted by Crippen LogP contribution is -2.22. The van der Waals surface area contributed by atoms with Crippen LogP contribution in [0.1, 0.15) is 21.5 Å². The first-order valence-corrected chi connectivity index (χ1v) is 6.21. The lowest BCUT2D eigenvalue weighted by atomic mass is 10.1. The predicted molar refractivity (Wildman–Crippen MR) is 75.2 cm³/mol. The Bertz CT molecular complexity index is 719. The third-order valence-corrected chi connectivity index (χ3v) is 3.30. The van der Waals surface area contributed by atoms with E-state index in [9.17, 15) is 4.79 Å². The van der Waals surface area contributed by atoms with E-state index >= 15 is 0 Å². The van der Waals surface area contributed by atoms with Crippen LogP contribution in [-0.2, 0) is 6.54 Å². The van der Waals surface area contributed by atoms with Gasteiger partial charge in [-0.3, -0.25) is 4.79 Å². The number of aromatic nitrogens is 1. The Balaban J connectivity index is 1.98. The van der Waals surface area contributed by atoms with Gasteiger partial charge in [-0.05, 0) is 11.6 Å². The molecular formula is C15H12N4O. The monoisotopic (exact) mass is 264 g/mol. The van der Waals surface area contributed by atoms with Crippen molar-refractivity contribution in [1.29, 1.82) is 5.26 Å². The summed E-state index contributed by atoms with van der Waals surface area (Å²) in [6.45, 7) is 0.865. The number of Topliss-reactive ketones (excluding diaryl/α,β-unsaturated/α-hetero) is 1. The average Bonchev–Trinajstić information content (AvgIpc) is 2.75. The fraction of sp³-hybridized carbons (Fsp3) is 0.133. The van der Waals surface area contributed by atoms with E-state index in [1.165, 1.54) is 6.07 Å². The van der Waals surface area contributed by atoms with Gasteiger partial charge in [-0.1, -0.05) is 30.3 Å². The van der Waals surface area contributed by atoms with Crippen molar-refractivity contribution in [3.8, 4) is 6.07 Å². The van der Waals surface area contributed by atoms with Crippen LogP contribution in [0.3, 0.4) is 0 Å². The SMILES string of the molecule is N#Cc1cc2c(nc1N)N(Cc1ccccc1)CC2=O. The molecule has 0 spiro atoms. The van der Waals surface area contributed by atoms with Gasteiger partial charge >= 0.3 is 0 Å². The molecule has 2 heterocycles. The predicted octanol–water partition coefficient (Wildman–Crippen LogP) is 1.74. The Labute approximate surface area is 116 Å². The Morgan fingerprint density at radius 3 is 2.80 bits per heavy atom. The fourth-order valence-corrected chi connectivity index (χ4v) is 2.32. The molecule has 5 nitrogen and oxygen atoms in total. The zero-order valence-corrected chi connectivity index (χ0v) is 10.7. The second kappa shape index (κ2) is 4.67. The van der Waals surface area contributed by atoms with Crippen molar-refractivity contribution < 1.29 is 4.79 Å². The second-order valence-corrected chi connectivity index (χ2v) is 4.67. The number of carbonyl (C=O) groups is 1. The van der Waals surface area contributed by atoms with Crippen LogP contribution in [0.25, 0.3) is 0 Å². The number of anilines is 2. The van der Waals surface area contributed by atoms with Crippen molar-refractivity contribution in [2.24, 2.45) is 0 Å². The van der Waals surface area contributed by atoms with Gasteiger partial charge in [0, 0.05) is 6.54 Å². The maximum Gasteiger partial charge on any atom is 0.185 e. The van der Waals surface area contributed by atoms with E-state index in [0.29, 0.717) is 17.9 Å². The van der Waals surface area contributed by atoms with E-state index in [0.717, 1.165) is 5.56 Å². The van der Waals surface area contributed by atoms with Gasteiger partial charge in [0.15, 0.2) is 5.78 Å². The summed E-state index contributed by atoms with van der Waals surface area (Å²) >= 11 is 0. The number of rotatable bonds is 2. The Kier molecular flexibility index (Phi) is 2.84. The number of hydrogen-bond acceptors (Lipinski definition) is 5. The molecule has 1 aromatic carbocycles. The summed E-state index contributed by atoms with van der Waals surface area (Å²) in [5.41, 5.74) is 7.56. The zero-order chi connectivity index (χ0) is 14.1. The molecule has 0 atom stereocenters. The van der Waals surface area contributed by atoms with E-state index in [1.807, 2.05) is 41.3 Å². The van der Waals surface area contributed by atoms with Crippen molar-refractivity contribution in [2.75, 3.05) is 17.2 Å². The first kappa shape index (κ1) is 12.2. The molecule has 0 bridgehead atoms. The van der Waals surface area contributed by atoms with E-state index < -0.39 is 0 Å². The first-order valence-electron chi connectivity index (χ1n) is 6.21. The smallest absolute Gasteiger partial charge is 0.185 e. The maximum absolute atomic E-state index is 12.0. The number of ketones is 1. The van der Waals surface area contributed by atoms with Crippen LogP contribution in [-0.4, -0.2) is 17.3 Å². The van der Waals surface area contributed by atoms with Crippen molar-refractivity contribution in [2.45, 2.75) is 6.54 Å². The minimum absolute atomic E-state index is 0.0278. The molecule has 1 aliphatic rings. The van der Waals surface area contributed by atoms with Gasteiger partial charge < -0.3 is 10.6 Å². The van der Waals surface area contributed by atoms with E-state index in [-0.39, 0.29) is 23.7 Å². The molecule has 1 aliphatic heterocycles. The standard InChI is InChI=1S/C15H12N4O/c16-7-11-6-12-13(20)9-19(15(12)18-14(11)17)8-10-4-2-1-3-5-10/h1-6H,8-9H2,(H2,17,18).